The summed E-state index contributed by atoms with van der Waals surface area (Å²) in [6.45, 7) is 0. The average Bonchev–Trinajstić information content (AvgIpc) is 1.90. The number of rotatable bonds is 0. The molecule has 1 aliphatic carbocycles. The summed E-state index contributed by atoms with van der Waals surface area (Å²) in [7, 11) is 0. The molecule has 0 aromatic heterocycles. The maximum Gasteiger partial charge on any atom is 0.0700 e. The molecule has 0 aliphatic heterocycles. The molecule has 0 spiro atoms. The Labute approximate surface area is 62.8 Å². The molecule has 1 aliphatic rings. The van der Waals surface area contributed by atoms with Gasteiger partial charge in [0.25, 0.3) is 0 Å². The fourth-order valence-corrected chi connectivity index (χ4v) is 1.03. The summed E-state index contributed by atoms with van der Waals surface area (Å²) in [4.78, 5) is 0. The molecule has 1 unspecified atom stereocenters. The van der Waals surface area contributed by atoms with Crippen molar-refractivity contribution < 1.29 is 0 Å². The van der Waals surface area contributed by atoms with Crippen LogP contribution in [0.3, 0.4) is 0 Å². The van der Waals surface area contributed by atoms with Gasteiger partial charge in [0.2, 0.25) is 0 Å². The van der Waals surface area contributed by atoms with Crippen LogP contribution in [0.4, 0.5) is 0 Å². The van der Waals surface area contributed by atoms with Crippen LogP contribution in [0.5, 0.6) is 0 Å². The lowest BCUT2D eigenvalue weighted by molar-refractivity contribution is 0.836. The van der Waals surface area contributed by atoms with E-state index in [9.17, 15) is 0 Å². The molecule has 0 heterocycles. The predicted octanol–water partition coefficient (Wildman–Crippen LogP) is 2.36. The first-order chi connectivity index (χ1) is 4.33. The van der Waals surface area contributed by atoms with Gasteiger partial charge in [0.15, 0.2) is 0 Å². The van der Waals surface area contributed by atoms with Gasteiger partial charge in [0.1, 0.15) is 0 Å². The van der Waals surface area contributed by atoms with Crippen molar-refractivity contribution in [1.82, 2.24) is 0 Å². The molecule has 0 bridgehead atoms. The van der Waals surface area contributed by atoms with E-state index in [0.29, 0.717) is 0 Å². The Morgan fingerprint density at radius 1 is 1.78 bits per heavy atom. The molecule has 46 valence electrons. The van der Waals surface area contributed by atoms with E-state index in [2.05, 4.69) is 22.0 Å². The Balaban J connectivity index is 2.61. The number of hydrogen-bond acceptors (Lipinski definition) is 1. The van der Waals surface area contributed by atoms with Crippen molar-refractivity contribution in [2.24, 2.45) is 5.92 Å². The SMILES string of the molecule is N#CC1C=CC(Br)=CC1. The Hall–Kier alpha value is -0.550. The molecule has 0 amide bonds. The maximum atomic E-state index is 8.43. The molecule has 0 N–H and O–H groups in total. The lowest BCUT2D eigenvalue weighted by atomic mass is 10.0. The molecule has 0 fully saturated rings. The minimum absolute atomic E-state index is 0.0892. The van der Waals surface area contributed by atoms with Crippen molar-refractivity contribution in [1.29, 1.82) is 5.26 Å². The standard InChI is InChI=1S/C7H6BrN/c8-7-3-1-6(5-9)2-4-7/h1,3-4,6H,2H2. The lowest BCUT2D eigenvalue weighted by Gasteiger charge is -2.03. The van der Waals surface area contributed by atoms with Crippen LogP contribution in [0, 0.1) is 17.2 Å². The molecule has 0 aromatic carbocycles. The predicted molar refractivity (Wildman–Crippen MR) is 39.9 cm³/mol. The van der Waals surface area contributed by atoms with E-state index < -0.39 is 0 Å². The molecule has 9 heavy (non-hydrogen) atoms. The van der Waals surface area contributed by atoms with Gasteiger partial charge in [-0.05, 0) is 6.42 Å². The average molecular weight is 184 g/mol. The van der Waals surface area contributed by atoms with Crippen LogP contribution in [-0.2, 0) is 0 Å². The molecular weight excluding hydrogens is 178 g/mol. The smallest absolute Gasteiger partial charge is 0.0700 e. The minimum atomic E-state index is 0.0892. The van der Waals surface area contributed by atoms with E-state index >= 15 is 0 Å². The number of allylic oxidation sites excluding steroid dienone is 4. The van der Waals surface area contributed by atoms with Crippen molar-refractivity contribution in [2.45, 2.75) is 6.42 Å². The van der Waals surface area contributed by atoms with Crippen LogP contribution in [0.15, 0.2) is 22.7 Å². The Morgan fingerprint density at radius 2 is 2.56 bits per heavy atom. The summed E-state index contributed by atoms with van der Waals surface area (Å²) in [5.41, 5.74) is 0. The lowest BCUT2D eigenvalue weighted by Crippen LogP contribution is -1.92. The third-order valence-electron chi connectivity index (χ3n) is 1.22. The topological polar surface area (TPSA) is 23.8 Å². The highest BCUT2D eigenvalue weighted by molar-refractivity contribution is 9.11. The summed E-state index contributed by atoms with van der Waals surface area (Å²) in [6, 6.07) is 2.17. The van der Waals surface area contributed by atoms with Crippen LogP contribution >= 0.6 is 15.9 Å². The van der Waals surface area contributed by atoms with Crippen molar-refractivity contribution >= 4 is 15.9 Å². The molecule has 0 saturated carbocycles. The van der Waals surface area contributed by atoms with Crippen molar-refractivity contribution in [3.63, 3.8) is 0 Å². The van der Waals surface area contributed by atoms with Gasteiger partial charge in [0, 0.05) is 4.48 Å². The molecule has 1 rings (SSSR count). The largest absolute Gasteiger partial charge is 0.198 e. The second-order valence-electron chi connectivity index (χ2n) is 1.92. The fourth-order valence-electron chi connectivity index (χ4n) is 0.690. The van der Waals surface area contributed by atoms with Gasteiger partial charge in [-0.1, -0.05) is 34.2 Å². The monoisotopic (exact) mass is 183 g/mol. The van der Waals surface area contributed by atoms with Gasteiger partial charge in [-0.25, -0.2) is 0 Å². The zero-order valence-electron chi connectivity index (χ0n) is 4.84. The quantitative estimate of drug-likeness (QED) is 0.566. The number of halogens is 1. The van der Waals surface area contributed by atoms with Crippen LogP contribution in [0.25, 0.3) is 0 Å². The molecule has 0 aromatic rings. The fraction of sp³-hybridized carbons (Fsp3) is 0.286. The van der Waals surface area contributed by atoms with Gasteiger partial charge >= 0.3 is 0 Å². The van der Waals surface area contributed by atoms with E-state index in [1.807, 2.05) is 18.2 Å². The van der Waals surface area contributed by atoms with E-state index in [1.165, 1.54) is 0 Å². The number of nitrogens with zero attached hydrogens (tertiary/aromatic N) is 1. The van der Waals surface area contributed by atoms with Crippen LogP contribution in [-0.4, -0.2) is 0 Å². The van der Waals surface area contributed by atoms with E-state index in [-0.39, 0.29) is 5.92 Å². The third-order valence-corrected chi connectivity index (χ3v) is 1.81. The van der Waals surface area contributed by atoms with Gasteiger partial charge in [-0.2, -0.15) is 5.26 Å². The Morgan fingerprint density at radius 3 is 3.00 bits per heavy atom. The van der Waals surface area contributed by atoms with E-state index in [4.69, 9.17) is 5.26 Å². The highest BCUT2D eigenvalue weighted by Crippen LogP contribution is 2.18. The highest BCUT2D eigenvalue weighted by Gasteiger charge is 2.03. The van der Waals surface area contributed by atoms with Gasteiger partial charge in [0.05, 0.1) is 12.0 Å². The third kappa shape index (κ3) is 1.69. The number of hydrogen-bond donors (Lipinski definition) is 0. The summed E-state index contributed by atoms with van der Waals surface area (Å²) in [6.07, 6.45) is 6.67. The number of nitriles is 1. The zero-order chi connectivity index (χ0) is 6.69. The van der Waals surface area contributed by atoms with Crippen molar-refractivity contribution in [3.8, 4) is 6.07 Å². The summed E-state index contributed by atoms with van der Waals surface area (Å²) < 4.78 is 1.08. The minimum Gasteiger partial charge on any atom is -0.198 e. The first-order valence-corrected chi connectivity index (χ1v) is 3.55. The van der Waals surface area contributed by atoms with Crippen LogP contribution < -0.4 is 0 Å². The van der Waals surface area contributed by atoms with Crippen LogP contribution in [0.2, 0.25) is 0 Å². The zero-order valence-corrected chi connectivity index (χ0v) is 6.43. The summed E-state index contributed by atoms with van der Waals surface area (Å²) in [5, 5.41) is 8.43. The first-order valence-electron chi connectivity index (χ1n) is 2.76. The van der Waals surface area contributed by atoms with Gasteiger partial charge in [-0.15, -0.1) is 0 Å². The molecule has 0 saturated heterocycles. The molecule has 0 radical (unpaired) electrons. The first kappa shape index (κ1) is 6.57. The van der Waals surface area contributed by atoms with Crippen molar-refractivity contribution in [2.75, 3.05) is 0 Å². The molecule has 1 nitrogen and oxygen atoms in total. The Bertz CT molecular complexity index is 197. The van der Waals surface area contributed by atoms with Gasteiger partial charge < -0.3 is 0 Å². The second-order valence-corrected chi connectivity index (χ2v) is 2.84. The van der Waals surface area contributed by atoms with Crippen LogP contribution in [0.1, 0.15) is 6.42 Å². The van der Waals surface area contributed by atoms with E-state index in [1.54, 1.807) is 0 Å². The van der Waals surface area contributed by atoms with Gasteiger partial charge in [-0.3, -0.25) is 0 Å². The van der Waals surface area contributed by atoms with Crippen molar-refractivity contribution in [3.05, 3.63) is 22.7 Å². The molecule has 1 atom stereocenters. The molecule has 2 heteroatoms. The second kappa shape index (κ2) is 2.84. The summed E-state index contributed by atoms with van der Waals surface area (Å²) >= 11 is 3.31. The van der Waals surface area contributed by atoms with E-state index in [0.717, 1.165) is 10.9 Å². The Kier molecular flexibility index (Phi) is 2.07. The molecular formula is C7H6BrN. The normalized spacial score (nSPS) is 24.9. The highest BCUT2D eigenvalue weighted by atomic mass is 79.9. The summed E-state index contributed by atoms with van der Waals surface area (Å²) in [5.74, 6) is 0.0892. The maximum absolute atomic E-state index is 8.43.